The van der Waals surface area contributed by atoms with Crippen molar-refractivity contribution < 1.29 is 4.79 Å². The topological polar surface area (TPSA) is 56.8 Å². The molecule has 0 unspecified atom stereocenters. The molecule has 1 aliphatic rings. The maximum Gasteiger partial charge on any atom is 0.246 e. The number of rotatable bonds is 5. The summed E-state index contributed by atoms with van der Waals surface area (Å²) in [5, 5.41) is 7.66. The van der Waals surface area contributed by atoms with Crippen LogP contribution in [0.1, 0.15) is 43.8 Å². The minimum Gasteiger partial charge on any atom is -0.324 e. The summed E-state index contributed by atoms with van der Waals surface area (Å²) >= 11 is 5.68. The highest BCUT2D eigenvalue weighted by atomic mass is 32.1. The first-order valence-corrected chi connectivity index (χ1v) is 9.81. The molecule has 1 N–H and O–H groups in total. The van der Waals surface area contributed by atoms with Gasteiger partial charge in [-0.2, -0.15) is 5.10 Å². The van der Waals surface area contributed by atoms with Crippen molar-refractivity contribution in [2.24, 2.45) is 0 Å². The lowest BCUT2D eigenvalue weighted by Gasteiger charge is -2.21. The molecule has 0 spiro atoms. The molecule has 1 saturated carbocycles. The van der Waals surface area contributed by atoms with E-state index in [2.05, 4.69) is 5.32 Å². The maximum absolute atomic E-state index is 12.5. The summed E-state index contributed by atoms with van der Waals surface area (Å²) in [5.41, 5.74) is 0.770. The molecule has 3 aromatic rings. The Hall–Kier alpha value is -2.67. The van der Waals surface area contributed by atoms with Crippen LogP contribution in [-0.2, 0) is 11.3 Å². The van der Waals surface area contributed by atoms with E-state index in [0.717, 1.165) is 24.4 Å². The molecule has 27 heavy (non-hydrogen) atoms. The minimum atomic E-state index is -0.135. The lowest BCUT2D eigenvalue weighted by atomic mass is 9.89. The van der Waals surface area contributed by atoms with Crippen LogP contribution in [0.2, 0.25) is 0 Å². The van der Waals surface area contributed by atoms with E-state index in [1.165, 1.54) is 19.3 Å². The van der Waals surface area contributed by atoms with Crippen LogP contribution in [0.15, 0.2) is 54.9 Å². The Morgan fingerprint density at radius 3 is 2.48 bits per heavy atom. The van der Waals surface area contributed by atoms with Gasteiger partial charge < -0.3 is 5.32 Å². The maximum atomic E-state index is 12.5. The second kappa shape index (κ2) is 7.92. The average Bonchev–Trinajstić information content (AvgIpc) is 3.32. The van der Waals surface area contributed by atoms with E-state index >= 15 is 0 Å². The largest absolute Gasteiger partial charge is 0.324 e. The molecule has 0 bridgehead atoms. The SMILES string of the molecule is O=C(Cn1nc(C2CCCCC2)n(-n2cccc2)c1=S)Nc1ccccc1. The van der Waals surface area contributed by atoms with Gasteiger partial charge in [0.15, 0.2) is 5.82 Å². The van der Waals surface area contributed by atoms with Gasteiger partial charge in [-0.25, -0.2) is 9.36 Å². The number of amides is 1. The van der Waals surface area contributed by atoms with Gasteiger partial charge in [-0.05, 0) is 49.3 Å². The van der Waals surface area contributed by atoms with Gasteiger partial charge in [0.2, 0.25) is 10.7 Å². The van der Waals surface area contributed by atoms with Crippen LogP contribution in [0.25, 0.3) is 0 Å². The Balaban J connectivity index is 1.63. The van der Waals surface area contributed by atoms with Crippen molar-refractivity contribution in [3.63, 3.8) is 0 Å². The molecule has 2 aromatic heterocycles. The summed E-state index contributed by atoms with van der Waals surface area (Å²) in [6.07, 6.45) is 9.85. The van der Waals surface area contributed by atoms with Crippen molar-refractivity contribution in [2.45, 2.75) is 44.6 Å². The molecule has 140 valence electrons. The molecule has 0 radical (unpaired) electrons. The molecule has 2 heterocycles. The fraction of sp³-hybridized carbons (Fsp3) is 0.350. The third kappa shape index (κ3) is 3.88. The zero-order valence-electron chi connectivity index (χ0n) is 15.1. The van der Waals surface area contributed by atoms with Crippen molar-refractivity contribution in [3.8, 4) is 0 Å². The molecule has 1 aromatic carbocycles. The van der Waals surface area contributed by atoms with Gasteiger partial charge in [0.25, 0.3) is 0 Å². The lowest BCUT2D eigenvalue weighted by molar-refractivity contribution is -0.116. The van der Waals surface area contributed by atoms with Gasteiger partial charge in [0.05, 0.1) is 0 Å². The highest BCUT2D eigenvalue weighted by Gasteiger charge is 2.24. The standard InChI is InChI=1S/C20H23N5OS/c26-18(21-17-11-5-2-6-12-17)15-24-20(27)25(23-13-7-8-14-23)19(22-24)16-9-3-1-4-10-16/h2,5-8,11-14,16H,1,3-4,9-10,15H2,(H,21,26). The van der Waals surface area contributed by atoms with Crippen LogP contribution in [0.3, 0.4) is 0 Å². The quantitative estimate of drug-likeness (QED) is 0.674. The Morgan fingerprint density at radius 2 is 1.78 bits per heavy atom. The van der Waals surface area contributed by atoms with Crippen LogP contribution in [-0.4, -0.2) is 25.0 Å². The highest BCUT2D eigenvalue weighted by Crippen LogP contribution is 2.32. The number of aromatic nitrogens is 4. The number of nitrogens with one attached hydrogen (secondary N) is 1. The summed E-state index contributed by atoms with van der Waals surface area (Å²) in [7, 11) is 0. The van der Waals surface area contributed by atoms with Gasteiger partial charge in [0, 0.05) is 24.0 Å². The number of carbonyl (C=O) groups excluding carboxylic acids is 1. The van der Waals surface area contributed by atoms with Gasteiger partial charge >= 0.3 is 0 Å². The van der Waals surface area contributed by atoms with E-state index in [-0.39, 0.29) is 12.5 Å². The van der Waals surface area contributed by atoms with Crippen molar-refractivity contribution in [1.29, 1.82) is 0 Å². The molecule has 0 saturated heterocycles. The Kier molecular flexibility index (Phi) is 5.20. The molecule has 4 rings (SSSR count). The highest BCUT2D eigenvalue weighted by molar-refractivity contribution is 7.71. The molecule has 7 heteroatoms. The number of anilines is 1. The van der Waals surface area contributed by atoms with Crippen LogP contribution >= 0.6 is 12.2 Å². The van der Waals surface area contributed by atoms with Crippen molar-refractivity contribution in [2.75, 3.05) is 5.32 Å². The number of benzene rings is 1. The fourth-order valence-corrected chi connectivity index (χ4v) is 3.96. The van der Waals surface area contributed by atoms with E-state index < -0.39 is 0 Å². The molecule has 1 amide bonds. The second-order valence-corrected chi connectivity index (χ2v) is 7.29. The third-order valence-electron chi connectivity index (χ3n) is 4.98. The lowest BCUT2D eigenvalue weighted by Crippen LogP contribution is -2.20. The van der Waals surface area contributed by atoms with E-state index in [1.807, 2.05) is 64.2 Å². The van der Waals surface area contributed by atoms with Crippen LogP contribution in [0.5, 0.6) is 0 Å². The zero-order chi connectivity index (χ0) is 18.6. The van der Waals surface area contributed by atoms with Crippen LogP contribution < -0.4 is 5.32 Å². The van der Waals surface area contributed by atoms with Crippen LogP contribution in [0, 0.1) is 4.77 Å². The molecule has 1 fully saturated rings. The summed E-state index contributed by atoms with van der Waals surface area (Å²) in [4.78, 5) is 12.5. The first-order valence-electron chi connectivity index (χ1n) is 9.40. The van der Waals surface area contributed by atoms with Crippen LogP contribution in [0.4, 0.5) is 5.69 Å². The van der Waals surface area contributed by atoms with E-state index in [0.29, 0.717) is 10.7 Å². The molecule has 6 nitrogen and oxygen atoms in total. The number of hydrogen-bond acceptors (Lipinski definition) is 3. The molecule has 1 aliphatic carbocycles. The smallest absolute Gasteiger partial charge is 0.246 e. The molecule has 0 aliphatic heterocycles. The summed E-state index contributed by atoms with van der Waals surface area (Å²) in [6, 6.07) is 13.4. The van der Waals surface area contributed by atoms with Gasteiger partial charge in [-0.15, -0.1) is 0 Å². The monoisotopic (exact) mass is 381 g/mol. The summed E-state index contributed by atoms with van der Waals surface area (Å²) < 4.78 is 6.08. The Morgan fingerprint density at radius 1 is 1.07 bits per heavy atom. The van der Waals surface area contributed by atoms with E-state index in [1.54, 1.807) is 4.68 Å². The number of hydrogen-bond donors (Lipinski definition) is 1. The van der Waals surface area contributed by atoms with Gasteiger partial charge in [-0.1, -0.05) is 37.5 Å². The van der Waals surface area contributed by atoms with E-state index in [4.69, 9.17) is 17.3 Å². The molecular formula is C20H23N5OS. The Labute approximate surface area is 163 Å². The van der Waals surface area contributed by atoms with Crippen molar-refractivity contribution >= 4 is 23.8 Å². The van der Waals surface area contributed by atoms with E-state index in [9.17, 15) is 4.79 Å². The molecular weight excluding hydrogens is 358 g/mol. The number of nitrogens with zero attached hydrogens (tertiary/aromatic N) is 4. The predicted molar refractivity (Wildman–Crippen MR) is 107 cm³/mol. The normalized spacial score (nSPS) is 15.0. The first kappa shape index (κ1) is 17.7. The fourth-order valence-electron chi connectivity index (χ4n) is 3.67. The first-order chi connectivity index (χ1) is 13.2. The van der Waals surface area contributed by atoms with Gasteiger partial charge in [-0.3, -0.25) is 9.47 Å². The summed E-state index contributed by atoms with van der Waals surface area (Å²) in [5.74, 6) is 1.19. The average molecular weight is 382 g/mol. The van der Waals surface area contributed by atoms with Crippen molar-refractivity contribution in [3.05, 3.63) is 65.5 Å². The van der Waals surface area contributed by atoms with Gasteiger partial charge in [0.1, 0.15) is 6.54 Å². The third-order valence-corrected chi connectivity index (χ3v) is 5.37. The summed E-state index contributed by atoms with van der Waals surface area (Å²) in [6.45, 7) is 0.0989. The molecule has 0 atom stereocenters. The minimum absolute atomic E-state index is 0.0989. The van der Waals surface area contributed by atoms with Crippen molar-refractivity contribution in [1.82, 2.24) is 19.1 Å². The Bertz CT molecular complexity index is 952. The second-order valence-electron chi connectivity index (χ2n) is 6.92. The zero-order valence-corrected chi connectivity index (χ0v) is 15.9. The number of para-hydroxylation sites is 1. The number of carbonyl (C=O) groups is 1. The predicted octanol–water partition coefficient (Wildman–Crippen LogP) is 4.21.